The fraction of sp³-hybridized carbons (Fsp3) is 0.417. The quantitative estimate of drug-likeness (QED) is 0.800. The Morgan fingerprint density at radius 1 is 1.31 bits per heavy atom. The monoisotopic (exact) mass is 282 g/mol. The van der Waals surface area contributed by atoms with E-state index < -0.39 is 0 Å². The summed E-state index contributed by atoms with van der Waals surface area (Å²) < 4.78 is 8.30. The zero-order valence-electron chi connectivity index (χ0n) is 9.91. The molecular formula is C12H15BrN2O. The summed E-state index contributed by atoms with van der Waals surface area (Å²) in [4.78, 5) is 4.50. The second-order valence-electron chi connectivity index (χ2n) is 4.72. The van der Waals surface area contributed by atoms with Crippen LogP contribution in [0.4, 0.5) is 0 Å². The van der Waals surface area contributed by atoms with Gasteiger partial charge in [0, 0.05) is 5.54 Å². The maximum atomic E-state index is 5.31. The van der Waals surface area contributed by atoms with Crippen molar-refractivity contribution in [2.24, 2.45) is 0 Å². The largest absolute Gasteiger partial charge is 0.494 e. The van der Waals surface area contributed by atoms with Gasteiger partial charge >= 0.3 is 0 Å². The minimum Gasteiger partial charge on any atom is -0.494 e. The summed E-state index contributed by atoms with van der Waals surface area (Å²) in [5.74, 6) is 0.807. The van der Waals surface area contributed by atoms with E-state index in [1.807, 2.05) is 12.1 Å². The minimum absolute atomic E-state index is 0.0139. The van der Waals surface area contributed by atoms with E-state index in [2.05, 4.69) is 52.3 Å². The number of nitrogens with zero attached hydrogens (tertiary/aromatic N) is 2. The van der Waals surface area contributed by atoms with Crippen LogP contribution in [-0.2, 0) is 5.54 Å². The molecule has 1 heterocycles. The summed E-state index contributed by atoms with van der Waals surface area (Å²) >= 11 is 3.51. The van der Waals surface area contributed by atoms with Crippen LogP contribution >= 0.6 is 15.9 Å². The Morgan fingerprint density at radius 2 is 2.00 bits per heavy atom. The van der Waals surface area contributed by atoms with Crippen molar-refractivity contribution in [2.45, 2.75) is 26.3 Å². The molecule has 0 atom stereocenters. The van der Waals surface area contributed by atoms with E-state index in [-0.39, 0.29) is 5.54 Å². The number of imidazole rings is 1. The fourth-order valence-corrected chi connectivity index (χ4v) is 2.75. The molecule has 86 valence electrons. The molecule has 0 bridgehead atoms. The number of ether oxygens (including phenoxy) is 1. The Bertz CT molecular complexity index is 526. The average molecular weight is 283 g/mol. The molecule has 0 N–H and O–H groups in total. The highest BCUT2D eigenvalue weighted by Crippen LogP contribution is 2.32. The minimum atomic E-state index is -0.0139. The lowest BCUT2D eigenvalue weighted by atomic mass is 10.1. The van der Waals surface area contributed by atoms with Crippen LogP contribution in [0.25, 0.3) is 11.0 Å². The molecule has 0 saturated heterocycles. The number of hydrogen-bond acceptors (Lipinski definition) is 2. The number of aromatic nitrogens is 2. The molecule has 1 aromatic heterocycles. The number of hydrogen-bond donors (Lipinski definition) is 0. The van der Waals surface area contributed by atoms with Crippen LogP contribution in [0.1, 0.15) is 20.8 Å². The molecule has 16 heavy (non-hydrogen) atoms. The van der Waals surface area contributed by atoms with E-state index in [1.165, 1.54) is 0 Å². The zero-order valence-corrected chi connectivity index (χ0v) is 11.5. The topological polar surface area (TPSA) is 27.1 Å². The molecule has 0 amide bonds. The predicted molar refractivity (Wildman–Crippen MR) is 69.0 cm³/mol. The molecule has 0 fully saturated rings. The van der Waals surface area contributed by atoms with Crippen molar-refractivity contribution in [2.75, 3.05) is 7.11 Å². The maximum absolute atomic E-state index is 5.31. The van der Waals surface area contributed by atoms with E-state index in [0.29, 0.717) is 0 Å². The second kappa shape index (κ2) is 3.77. The van der Waals surface area contributed by atoms with Crippen molar-refractivity contribution in [1.29, 1.82) is 0 Å². The first-order valence-corrected chi connectivity index (χ1v) is 5.96. The van der Waals surface area contributed by atoms with Gasteiger partial charge in [-0.1, -0.05) is 6.07 Å². The van der Waals surface area contributed by atoms with Crippen molar-refractivity contribution in [3.63, 3.8) is 0 Å². The molecule has 0 saturated carbocycles. The molecular weight excluding hydrogens is 268 g/mol. The van der Waals surface area contributed by atoms with Crippen molar-refractivity contribution in [1.82, 2.24) is 9.55 Å². The first kappa shape index (κ1) is 11.5. The lowest BCUT2D eigenvalue weighted by Gasteiger charge is -2.22. The molecule has 0 radical (unpaired) electrons. The molecule has 2 aromatic rings. The van der Waals surface area contributed by atoms with Crippen LogP contribution in [0.2, 0.25) is 0 Å². The van der Waals surface area contributed by atoms with Gasteiger partial charge in [-0.2, -0.15) is 0 Å². The SMILES string of the molecule is COc1cccc2c1nc(Br)n2C(C)(C)C. The van der Waals surface area contributed by atoms with Gasteiger partial charge in [0.2, 0.25) is 0 Å². The Kier molecular flexibility index (Phi) is 2.70. The normalized spacial score (nSPS) is 12.1. The van der Waals surface area contributed by atoms with Crippen molar-refractivity contribution in [3.05, 3.63) is 22.9 Å². The van der Waals surface area contributed by atoms with Gasteiger partial charge in [0.15, 0.2) is 4.73 Å². The zero-order chi connectivity index (χ0) is 11.9. The van der Waals surface area contributed by atoms with Crippen molar-refractivity contribution >= 4 is 27.0 Å². The third kappa shape index (κ3) is 1.71. The third-order valence-electron chi connectivity index (χ3n) is 2.50. The van der Waals surface area contributed by atoms with Crippen LogP contribution in [-0.4, -0.2) is 16.7 Å². The smallest absolute Gasteiger partial charge is 0.178 e. The lowest BCUT2D eigenvalue weighted by Crippen LogP contribution is -2.21. The first-order chi connectivity index (χ1) is 7.45. The number of benzene rings is 1. The predicted octanol–water partition coefficient (Wildman–Crippen LogP) is 3.56. The summed E-state index contributed by atoms with van der Waals surface area (Å²) in [6, 6.07) is 5.97. The molecule has 2 rings (SSSR count). The van der Waals surface area contributed by atoms with E-state index in [9.17, 15) is 0 Å². The summed E-state index contributed by atoms with van der Waals surface area (Å²) in [7, 11) is 1.67. The molecule has 4 heteroatoms. The summed E-state index contributed by atoms with van der Waals surface area (Å²) in [5.41, 5.74) is 1.96. The molecule has 0 spiro atoms. The van der Waals surface area contributed by atoms with E-state index in [4.69, 9.17) is 4.74 Å². The number of halogens is 1. The summed E-state index contributed by atoms with van der Waals surface area (Å²) in [6.45, 7) is 6.45. The molecule has 0 aliphatic rings. The van der Waals surface area contributed by atoms with Gasteiger partial charge in [0.05, 0.1) is 12.6 Å². The van der Waals surface area contributed by atoms with Gasteiger partial charge in [-0.25, -0.2) is 4.98 Å². The molecule has 1 aromatic carbocycles. The van der Waals surface area contributed by atoms with Gasteiger partial charge in [-0.3, -0.25) is 0 Å². The number of fused-ring (bicyclic) bond motifs is 1. The van der Waals surface area contributed by atoms with Crippen LogP contribution in [0.5, 0.6) is 5.75 Å². The van der Waals surface area contributed by atoms with Crippen molar-refractivity contribution in [3.8, 4) is 5.75 Å². The summed E-state index contributed by atoms with van der Waals surface area (Å²) in [5, 5.41) is 0. The van der Waals surface area contributed by atoms with Gasteiger partial charge < -0.3 is 9.30 Å². The average Bonchev–Trinajstić information content (AvgIpc) is 2.52. The first-order valence-electron chi connectivity index (χ1n) is 5.16. The fourth-order valence-electron chi connectivity index (χ4n) is 1.85. The van der Waals surface area contributed by atoms with E-state index in [1.54, 1.807) is 7.11 Å². The number of methoxy groups -OCH3 is 1. The van der Waals surface area contributed by atoms with Crippen LogP contribution < -0.4 is 4.74 Å². The van der Waals surface area contributed by atoms with Gasteiger partial charge in [0.1, 0.15) is 11.3 Å². The number of para-hydroxylation sites is 1. The Balaban J connectivity index is 2.81. The van der Waals surface area contributed by atoms with E-state index >= 15 is 0 Å². The Labute approximate surface area is 104 Å². The third-order valence-corrected chi connectivity index (χ3v) is 3.03. The highest BCUT2D eigenvalue weighted by Gasteiger charge is 2.21. The van der Waals surface area contributed by atoms with Crippen LogP contribution in [0.3, 0.4) is 0 Å². The molecule has 3 nitrogen and oxygen atoms in total. The summed E-state index contributed by atoms with van der Waals surface area (Å²) in [6.07, 6.45) is 0. The van der Waals surface area contributed by atoms with E-state index in [0.717, 1.165) is 21.5 Å². The lowest BCUT2D eigenvalue weighted by molar-refractivity contribution is 0.400. The highest BCUT2D eigenvalue weighted by molar-refractivity contribution is 9.10. The van der Waals surface area contributed by atoms with Crippen LogP contribution in [0.15, 0.2) is 22.9 Å². The Hall–Kier alpha value is -1.03. The Morgan fingerprint density at radius 3 is 2.56 bits per heavy atom. The van der Waals surface area contributed by atoms with Gasteiger partial charge in [-0.05, 0) is 48.8 Å². The van der Waals surface area contributed by atoms with Crippen LogP contribution in [0, 0.1) is 0 Å². The maximum Gasteiger partial charge on any atom is 0.178 e. The standard InChI is InChI=1S/C12H15BrN2O/c1-12(2,3)15-8-6-5-7-9(16-4)10(8)14-11(15)13/h5-7H,1-4H3. The molecule has 0 aliphatic heterocycles. The second-order valence-corrected chi connectivity index (χ2v) is 5.42. The van der Waals surface area contributed by atoms with Gasteiger partial charge in [-0.15, -0.1) is 0 Å². The highest BCUT2D eigenvalue weighted by atomic mass is 79.9. The molecule has 0 unspecified atom stereocenters. The molecule has 0 aliphatic carbocycles. The van der Waals surface area contributed by atoms with Gasteiger partial charge in [0.25, 0.3) is 0 Å². The van der Waals surface area contributed by atoms with Crippen molar-refractivity contribution < 1.29 is 4.74 Å². The number of rotatable bonds is 1.